The summed E-state index contributed by atoms with van der Waals surface area (Å²) in [7, 11) is -3.61. The third-order valence-electron chi connectivity index (χ3n) is 4.83. The summed E-state index contributed by atoms with van der Waals surface area (Å²) in [5.41, 5.74) is 0.617. The molecule has 1 fully saturated rings. The number of thioether (sulfide) groups is 1. The van der Waals surface area contributed by atoms with Gasteiger partial charge >= 0.3 is 5.76 Å². The van der Waals surface area contributed by atoms with Crippen LogP contribution in [0.4, 0.5) is 5.13 Å². The van der Waals surface area contributed by atoms with Crippen molar-refractivity contribution in [2.45, 2.75) is 42.0 Å². The van der Waals surface area contributed by atoms with Crippen molar-refractivity contribution >= 4 is 55.3 Å². The summed E-state index contributed by atoms with van der Waals surface area (Å²) < 4.78 is 34.2. The molecule has 0 unspecified atom stereocenters. The lowest BCUT2D eigenvalue weighted by molar-refractivity contribution is -0.116. The van der Waals surface area contributed by atoms with E-state index in [4.69, 9.17) is 4.42 Å². The third-order valence-corrected chi connectivity index (χ3v) is 8.57. The van der Waals surface area contributed by atoms with Crippen molar-refractivity contribution in [3.05, 3.63) is 28.7 Å². The van der Waals surface area contributed by atoms with E-state index in [1.165, 1.54) is 44.1 Å². The minimum absolute atomic E-state index is 0.0260. The van der Waals surface area contributed by atoms with E-state index >= 15 is 0 Å². The van der Waals surface area contributed by atoms with Crippen LogP contribution in [0.3, 0.4) is 0 Å². The number of nitrogens with zero attached hydrogens (tertiary/aromatic N) is 4. The summed E-state index contributed by atoms with van der Waals surface area (Å²) in [5, 5.41) is 11.0. The van der Waals surface area contributed by atoms with Crippen molar-refractivity contribution in [1.29, 1.82) is 0 Å². The maximum absolute atomic E-state index is 12.7. The van der Waals surface area contributed by atoms with Crippen molar-refractivity contribution < 1.29 is 17.6 Å². The number of oxazole rings is 1. The summed E-state index contributed by atoms with van der Waals surface area (Å²) in [6.07, 6.45) is 1.70. The highest BCUT2D eigenvalue weighted by Crippen LogP contribution is 2.26. The topological polar surface area (TPSA) is 127 Å². The lowest BCUT2D eigenvalue weighted by Gasteiger charge is -2.15. The minimum Gasteiger partial charge on any atom is -0.408 e. The first kappa shape index (κ1) is 22.0. The Bertz CT molecular complexity index is 1260. The molecule has 0 bridgehead atoms. The standard InChI is InChI=1S/C18H21N5O5S3/c1-2-29-17-21-20-16(30-17)19-15(24)7-10-23-13-6-5-12(11-14(13)28-18(23)25)31(26,27)22-8-3-4-9-22/h5-6,11H,2-4,7-10H2,1H3,(H,19,20,24). The van der Waals surface area contributed by atoms with Crippen LogP contribution in [-0.4, -0.2) is 52.2 Å². The van der Waals surface area contributed by atoms with E-state index < -0.39 is 15.8 Å². The summed E-state index contributed by atoms with van der Waals surface area (Å²) >= 11 is 2.83. The quantitative estimate of drug-likeness (QED) is 0.382. The maximum Gasteiger partial charge on any atom is 0.419 e. The summed E-state index contributed by atoms with van der Waals surface area (Å²) in [6.45, 7) is 3.08. The number of sulfonamides is 1. The Labute approximate surface area is 186 Å². The third kappa shape index (κ3) is 4.68. The molecular weight excluding hydrogens is 462 g/mol. The maximum atomic E-state index is 12.7. The fourth-order valence-corrected chi connectivity index (χ4v) is 6.53. The van der Waals surface area contributed by atoms with E-state index in [-0.39, 0.29) is 29.4 Å². The molecule has 0 radical (unpaired) electrons. The second-order valence-electron chi connectivity index (χ2n) is 6.86. The Morgan fingerprint density at radius 1 is 1.29 bits per heavy atom. The highest BCUT2D eigenvalue weighted by molar-refractivity contribution is 8.01. The van der Waals surface area contributed by atoms with Gasteiger partial charge in [-0.05, 0) is 30.7 Å². The van der Waals surface area contributed by atoms with Crippen LogP contribution in [0.2, 0.25) is 0 Å². The molecule has 1 saturated heterocycles. The molecule has 10 nitrogen and oxygen atoms in total. The zero-order valence-corrected chi connectivity index (χ0v) is 19.2. The predicted molar refractivity (Wildman–Crippen MR) is 118 cm³/mol. The zero-order valence-electron chi connectivity index (χ0n) is 16.7. The number of fused-ring (bicyclic) bond motifs is 1. The number of carbonyl (C=O) groups excluding carboxylic acids is 1. The molecule has 4 rings (SSSR count). The molecule has 1 N–H and O–H groups in total. The van der Waals surface area contributed by atoms with Crippen LogP contribution < -0.4 is 11.1 Å². The number of hydrogen-bond donors (Lipinski definition) is 1. The molecule has 1 aromatic carbocycles. The average molecular weight is 484 g/mol. The van der Waals surface area contributed by atoms with E-state index in [0.29, 0.717) is 23.7 Å². The van der Waals surface area contributed by atoms with Gasteiger partial charge in [0.1, 0.15) is 0 Å². The molecule has 0 saturated carbocycles. The van der Waals surface area contributed by atoms with Crippen LogP contribution in [0.15, 0.2) is 36.6 Å². The van der Waals surface area contributed by atoms with Crippen molar-refractivity contribution in [1.82, 2.24) is 19.1 Å². The van der Waals surface area contributed by atoms with Crippen LogP contribution in [0.5, 0.6) is 0 Å². The molecule has 1 aliphatic rings. The van der Waals surface area contributed by atoms with Gasteiger partial charge in [0.2, 0.25) is 21.1 Å². The number of aryl methyl sites for hydroxylation is 1. The fourth-order valence-electron chi connectivity index (χ4n) is 3.33. The van der Waals surface area contributed by atoms with E-state index in [2.05, 4.69) is 15.5 Å². The molecule has 1 amide bonds. The number of amides is 1. The first-order valence-electron chi connectivity index (χ1n) is 9.78. The van der Waals surface area contributed by atoms with E-state index in [1.54, 1.807) is 6.07 Å². The van der Waals surface area contributed by atoms with Gasteiger partial charge in [-0.1, -0.05) is 30.0 Å². The first-order chi connectivity index (χ1) is 14.9. The molecule has 2 aromatic heterocycles. The molecule has 166 valence electrons. The first-order valence-corrected chi connectivity index (χ1v) is 13.0. The van der Waals surface area contributed by atoms with E-state index in [9.17, 15) is 18.0 Å². The highest BCUT2D eigenvalue weighted by atomic mass is 32.2. The largest absolute Gasteiger partial charge is 0.419 e. The lowest BCUT2D eigenvalue weighted by Crippen LogP contribution is -2.27. The normalized spacial score (nSPS) is 15.0. The van der Waals surface area contributed by atoms with Gasteiger partial charge in [-0.25, -0.2) is 13.2 Å². The highest BCUT2D eigenvalue weighted by Gasteiger charge is 2.28. The Morgan fingerprint density at radius 3 is 2.81 bits per heavy atom. The minimum atomic E-state index is -3.61. The van der Waals surface area contributed by atoms with Gasteiger partial charge in [-0.2, -0.15) is 4.31 Å². The van der Waals surface area contributed by atoms with Crippen molar-refractivity contribution in [3.8, 4) is 0 Å². The van der Waals surface area contributed by atoms with Crippen molar-refractivity contribution in [2.24, 2.45) is 0 Å². The van der Waals surface area contributed by atoms with Gasteiger partial charge in [0, 0.05) is 32.1 Å². The molecule has 0 aliphatic carbocycles. The molecule has 3 heterocycles. The van der Waals surface area contributed by atoms with Crippen molar-refractivity contribution in [2.75, 3.05) is 24.2 Å². The molecule has 1 aliphatic heterocycles. The van der Waals surface area contributed by atoms with Crippen molar-refractivity contribution in [3.63, 3.8) is 0 Å². The van der Waals surface area contributed by atoms with Crippen LogP contribution >= 0.6 is 23.1 Å². The molecule has 0 spiro atoms. The second-order valence-corrected chi connectivity index (χ2v) is 11.3. The molecule has 3 aromatic rings. The van der Waals surface area contributed by atoms with E-state index in [1.807, 2.05) is 6.92 Å². The van der Waals surface area contributed by atoms with Crippen LogP contribution in [0.25, 0.3) is 11.1 Å². The van der Waals surface area contributed by atoms with Gasteiger partial charge in [0.05, 0.1) is 10.4 Å². The SMILES string of the molecule is CCSc1nnc(NC(=O)CCn2c(=O)oc3cc(S(=O)(=O)N4CCCC4)ccc32)s1. The van der Waals surface area contributed by atoms with Gasteiger partial charge in [-0.15, -0.1) is 10.2 Å². The molecular formula is C18H21N5O5S3. The smallest absolute Gasteiger partial charge is 0.408 e. The van der Waals surface area contributed by atoms with Gasteiger partial charge in [-0.3, -0.25) is 9.36 Å². The number of anilines is 1. The summed E-state index contributed by atoms with van der Waals surface area (Å²) in [5.74, 6) is -0.0881. The number of nitrogens with one attached hydrogen (secondary N) is 1. The predicted octanol–water partition coefficient (Wildman–Crippen LogP) is 2.37. The number of aromatic nitrogens is 3. The van der Waals surface area contributed by atoms with Crippen LogP contribution in [0, 0.1) is 0 Å². The lowest BCUT2D eigenvalue weighted by atomic mass is 10.3. The average Bonchev–Trinajstić information content (AvgIpc) is 3.47. The monoisotopic (exact) mass is 483 g/mol. The van der Waals surface area contributed by atoms with Gasteiger partial charge < -0.3 is 9.73 Å². The zero-order chi connectivity index (χ0) is 22.0. The number of rotatable bonds is 8. The van der Waals surface area contributed by atoms with Crippen LogP contribution in [0.1, 0.15) is 26.2 Å². The molecule has 31 heavy (non-hydrogen) atoms. The summed E-state index contributed by atoms with van der Waals surface area (Å²) in [6, 6.07) is 4.38. The number of carbonyl (C=O) groups is 1. The van der Waals surface area contributed by atoms with Gasteiger partial charge in [0.15, 0.2) is 9.92 Å². The Balaban J connectivity index is 1.47. The molecule has 0 atom stereocenters. The summed E-state index contributed by atoms with van der Waals surface area (Å²) in [4.78, 5) is 24.6. The second kappa shape index (κ2) is 9.10. The fraction of sp³-hybridized carbons (Fsp3) is 0.444. The number of hydrogen-bond acceptors (Lipinski definition) is 9. The Hall–Kier alpha value is -2.22. The van der Waals surface area contributed by atoms with E-state index in [0.717, 1.165) is 22.9 Å². The van der Waals surface area contributed by atoms with Crippen LogP contribution in [-0.2, 0) is 21.4 Å². The Kier molecular flexibility index (Phi) is 6.46. The molecule has 13 heteroatoms. The number of benzene rings is 1. The van der Waals surface area contributed by atoms with Gasteiger partial charge in [0.25, 0.3) is 0 Å². The Morgan fingerprint density at radius 2 is 2.06 bits per heavy atom.